The minimum atomic E-state index is -0.653. The predicted molar refractivity (Wildman–Crippen MR) is 57.1 cm³/mol. The monoisotopic (exact) mass is 211 g/mol. The Labute approximate surface area is 89.9 Å². The number of imide groups is 1. The summed E-state index contributed by atoms with van der Waals surface area (Å²) >= 11 is 0. The number of ketones is 1. The van der Waals surface area contributed by atoms with Crippen molar-refractivity contribution < 1.29 is 14.4 Å². The maximum absolute atomic E-state index is 11.0. The molecule has 0 fully saturated rings. The number of hydrogen-bond donors (Lipinski definition) is 0. The van der Waals surface area contributed by atoms with Crippen LogP contribution in [0.3, 0.4) is 0 Å². The first-order valence-electron chi connectivity index (χ1n) is 5.01. The largest absolute Gasteiger partial charge is 0.298 e. The van der Waals surface area contributed by atoms with E-state index in [1.165, 1.54) is 32.4 Å². The van der Waals surface area contributed by atoms with Crippen LogP contribution in [-0.4, -0.2) is 28.5 Å². The van der Waals surface area contributed by atoms with Gasteiger partial charge in [0.25, 0.3) is 11.8 Å². The van der Waals surface area contributed by atoms with Crippen LogP contribution < -0.4 is 0 Å². The van der Waals surface area contributed by atoms with Crippen LogP contribution >= 0.6 is 0 Å². The molecule has 0 unspecified atom stereocenters. The van der Waals surface area contributed by atoms with E-state index in [1.807, 2.05) is 0 Å². The van der Waals surface area contributed by atoms with Gasteiger partial charge in [0.2, 0.25) is 0 Å². The number of Topliss-reactive ketones (excluding diaryl/α,β-unsaturated/α-hetero) is 1. The van der Waals surface area contributed by atoms with Gasteiger partial charge in [0.05, 0.1) is 6.04 Å². The highest BCUT2D eigenvalue weighted by atomic mass is 16.2. The molecule has 1 aliphatic heterocycles. The van der Waals surface area contributed by atoms with Crippen molar-refractivity contribution in [1.29, 1.82) is 0 Å². The fourth-order valence-electron chi connectivity index (χ4n) is 0.975. The Morgan fingerprint density at radius 3 is 1.87 bits per heavy atom. The van der Waals surface area contributed by atoms with E-state index in [0.717, 1.165) is 4.90 Å². The second-order valence-corrected chi connectivity index (χ2v) is 3.37. The smallest absolute Gasteiger partial charge is 0.254 e. The van der Waals surface area contributed by atoms with Crippen molar-refractivity contribution in [2.45, 2.75) is 40.2 Å². The van der Waals surface area contributed by atoms with E-state index < -0.39 is 17.9 Å². The molecule has 0 spiro atoms. The molecule has 0 N–H and O–H groups in total. The standard InChI is InChI=1S/C8H9NO3.C3H8/c1-5(6(2)10)9-7(11)3-4-8(9)12;1-3-2/h3-5H,1-2H3;3H2,1-2H3/t5-;/m0./s1. The van der Waals surface area contributed by atoms with Crippen LogP contribution in [0, 0.1) is 0 Å². The third kappa shape index (κ3) is 3.65. The number of amides is 2. The Hall–Kier alpha value is -1.45. The molecule has 0 aliphatic carbocycles. The van der Waals surface area contributed by atoms with Gasteiger partial charge in [0, 0.05) is 12.2 Å². The van der Waals surface area contributed by atoms with E-state index in [4.69, 9.17) is 0 Å². The van der Waals surface area contributed by atoms with E-state index in [0.29, 0.717) is 0 Å². The highest BCUT2D eigenvalue weighted by molar-refractivity contribution is 6.15. The fourth-order valence-corrected chi connectivity index (χ4v) is 0.975. The Balaban J connectivity index is 0.000000583. The lowest BCUT2D eigenvalue weighted by molar-refractivity contribution is -0.143. The maximum atomic E-state index is 11.0. The summed E-state index contributed by atoms with van der Waals surface area (Å²) in [5, 5.41) is 0. The van der Waals surface area contributed by atoms with Crippen LogP contribution in [0.5, 0.6) is 0 Å². The van der Waals surface area contributed by atoms with Crippen LogP contribution in [0.15, 0.2) is 12.2 Å². The molecule has 0 aromatic carbocycles. The SMILES string of the molecule is CC(=O)[C@H](C)N1C(=O)C=CC1=O.CCC. The van der Waals surface area contributed by atoms with Crippen LogP contribution in [0.25, 0.3) is 0 Å². The lowest BCUT2D eigenvalue weighted by Gasteiger charge is -2.19. The number of hydrogen-bond acceptors (Lipinski definition) is 3. The first-order valence-corrected chi connectivity index (χ1v) is 5.01. The molecule has 2 amide bonds. The Morgan fingerprint density at radius 2 is 1.60 bits per heavy atom. The van der Waals surface area contributed by atoms with E-state index in [1.54, 1.807) is 0 Å². The second kappa shape index (κ2) is 6.11. The Kier molecular flexibility index (Phi) is 5.52. The van der Waals surface area contributed by atoms with Crippen molar-refractivity contribution in [3.63, 3.8) is 0 Å². The molecule has 0 radical (unpaired) electrons. The third-order valence-corrected chi connectivity index (χ3v) is 1.82. The average molecular weight is 211 g/mol. The van der Waals surface area contributed by atoms with Crippen LogP contribution in [0.2, 0.25) is 0 Å². The summed E-state index contributed by atoms with van der Waals surface area (Å²) in [6, 6.07) is -0.653. The number of rotatable bonds is 2. The van der Waals surface area contributed by atoms with Crippen LogP contribution in [-0.2, 0) is 14.4 Å². The van der Waals surface area contributed by atoms with E-state index in [9.17, 15) is 14.4 Å². The molecule has 0 aromatic rings. The zero-order chi connectivity index (χ0) is 12.0. The molecule has 1 rings (SSSR count). The molecule has 1 aliphatic rings. The van der Waals surface area contributed by atoms with Gasteiger partial charge in [-0.25, -0.2) is 0 Å². The summed E-state index contributed by atoms with van der Waals surface area (Å²) in [6.07, 6.45) is 3.59. The van der Waals surface area contributed by atoms with Crippen molar-refractivity contribution in [2.24, 2.45) is 0 Å². The fraction of sp³-hybridized carbons (Fsp3) is 0.545. The first-order chi connectivity index (χ1) is 6.95. The lowest BCUT2D eigenvalue weighted by atomic mass is 10.2. The van der Waals surface area contributed by atoms with Crippen LogP contribution in [0.1, 0.15) is 34.1 Å². The molecule has 1 atom stereocenters. The zero-order valence-electron chi connectivity index (χ0n) is 9.61. The Bertz CT molecular complexity index is 276. The molecule has 1 heterocycles. The van der Waals surface area contributed by atoms with Gasteiger partial charge in [0.1, 0.15) is 0 Å². The van der Waals surface area contributed by atoms with E-state index >= 15 is 0 Å². The predicted octanol–water partition coefficient (Wildman–Crippen LogP) is 1.31. The summed E-state index contributed by atoms with van der Waals surface area (Å²) in [7, 11) is 0. The second-order valence-electron chi connectivity index (χ2n) is 3.37. The normalized spacial score (nSPS) is 16.1. The molecule has 0 aromatic heterocycles. The quantitative estimate of drug-likeness (QED) is 0.647. The zero-order valence-corrected chi connectivity index (χ0v) is 9.61. The van der Waals surface area contributed by atoms with Crippen LogP contribution in [0.4, 0.5) is 0 Å². The summed E-state index contributed by atoms with van der Waals surface area (Å²) < 4.78 is 0. The molecule has 4 nitrogen and oxygen atoms in total. The number of carbonyl (C=O) groups excluding carboxylic acids is 3. The summed E-state index contributed by atoms with van der Waals surface area (Å²) in [4.78, 5) is 33.8. The molecule has 0 saturated carbocycles. The minimum absolute atomic E-state index is 0.194. The van der Waals surface area contributed by atoms with Crippen molar-refractivity contribution in [3.05, 3.63) is 12.2 Å². The molecule has 15 heavy (non-hydrogen) atoms. The molecule has 0 saturated heterocycles. The summed E-state index contributed by atoms with van der Waals surface area (Å²) in [5.74, 6) is -1.02. The summed E-state index contributed by atoms with van der Waals surface area (Å²) in [5.41, 5.74) is 0. The van der Waals surface area contributed by atoms with Crippen molar-refractivity contribution in [1.82, 2.24) is 4.90 Å². The molecule has 4 heteroatoms. The summed E-state index contributed by atoms with van der Waals surface area (Å²) in [6.45, 7) is 7.13. The van der Waals surface area contributed by atoms with Gasteiger partial charge < -0.3 is 0 Å². The van der Waals surface area contributed by atoms with E-state index in [-0.39, 0.29) is 5.78 Å². The highest BCUT2D eigenvalue weighted by Gasteiger charge is 2.30. The Morgan fingerprint density at radius 1 is 1.27 bits per heavy atom. The van der Waals surface area contributed by atoms with Crippen molar-refractivity contribution in [3.8, 4) is 0 Å². The van der Waals surface area contributed by atoms with Crippen molar-refractivity contribution in [2.75, 3.05) is 0 Å². The minimum Gasteiger partial charge on any atom is -0.298 e. The topological polar surface area (TPSA) is 54.5 Å². The van der Waals surface area contributed by atoms with Gasteiger partial charge in [-0.05, 0) is 13.8 Å². The molecular weight excluding hydrogens is 194 g/mol. The highest BCUT2D eigenvalue weighted by Crippen LogP contribution is 2.09. The molecular formula is C11H17NO3. The van der Waals surface area contributed by atoms with E-state index in [2.05, 4.69) is 13.8 Å². The molecule has 84 valence electrons. The molecule has 0 bridgehead atoms. The van der Waals surface area contributed by atoms with Gasteiger partial charge in [-0.1, -0.05) is 20.3 Å². The number of nitrogens with zero attached hydrogens (tertiary/aromatic N) is 1. The average Bonchev–Trinajstić information content (AvgIpc) is 2.46. The number of carbonyl (C=O) groups is 3. The van der Waals surface area contributed by atoms with Gasteiger partial charge in [-0.2, -0.15) is 0 Å². The third-order valence-electron chi connectivity index (χ3n) is 1.82. The lowest BCUT2D eigenvalue weighted by Crippen LogP contribution is -2.42. The van der Waals surface area contributed by atoms with Gasteiger partial charge in [-0.3, -0.25) is 19.3 Å². The van der Waals surface area contributed by atoms with Gasteiger partial charge in [-0.15, -0.1) is 0 Å². The maximum Gasteiger partial charge on any atom is 0.254 e. The first kappa shape index (κ1) is 13.5. The van der Waals surface area contributed by atoms with Crippen molar-refractivity contribution >= 4 is 17.6 Å². The van der Waals surface area contributed by atoms with Gasteiger partial charge >= 0.3 is 0 Å². The van der Waals surface area contributed by atoms with Gasteiger partial charge in [0.15, 0.2) is 5.78 Å².